The van der Waals surface area contributed by atoms with Gasteiger partial charge in [0.15, 0.2) is 0 Å². The molecule has 2 heterocycles. The number of hydrogen-bond donors (Lipinski definition) is 1. The Kier molecular flexibility index (Phi) is 9.81. The number of hydrogen-bond acceptors (Lipinski definition) is 5. The summed E-state index contributed by atoms with van der Waals surface area (Å²) in [6.45, 7) is 14.7. The third kappa shape index (κ3) is 7.79. The van der Waals surface area contributed by atoms with Gasteiger partial charge in [0.1, 0.15) is 0 Å². The summed E-state index contributed by atoms with van der Waals surface area (Å²) in [6, 6.07) is 0. The van der Waals surface area contributed by atoms with Crippen molar-refractivity contribution in [2.75, 3.05) is 65.6 Å². The Hall–Kier alpha value is -0.740. The normalized spacial score (nSPS) is 22.5. The van der Waals surface area contributed by atoms with Crippen LogP contribution in [0.2, 0.25) is 0 Å². The highest BCUT2D eigenvalue weighted by atomic mass is 32.2. The van der Waals surface area contributed by atoms with Gasteiger partial charge in [-0.05, 0) is 24.7 Å². The van der Waals surface area contributed by atoms with Crippen molar-refractivity contribution in [3.63, 3.8) is 0 Å². The summed E-state index contributed by atoms with van der Waals surface area (Å²) >= 11 is 0. The zero-order valence-corrected chi connectivity index (χ0v) is 19.4. The van der Waals surface area contributed by atoms with Gasteiger partial charge in [0, 0.05) is 52.4 Å². The number of morpholine rings is 1. The molecule has 2 saturated heterocycles. The second-order valence-corrected chi connectivity index (χ2v) is 11.0. The number of carbonyl (C=O) groups is 1. The van der Waals surface area contributed by atoms with Crippen LogP contribution in [0.3, 0.4) is 0 Å². The molecule has 1 N–H and O–H groups in total. The van der Waals surface area contributed by atoms with E-state index in [1.54, 1.807) is 0 Å². The molecule has 170 valence electrons. The number of rotatable bonds is 10. The molecule has 0 spiro atoms. The van der Waals surface area contributed by atoms with Gasteiger partial charge >= 0.3 is 0 Å². The SMILES string of the molecule is CC(C)CN(CCNC(=O)[C@@H]1CCCN(S(=O)(=O)N2CCOCC2)C1)CC(C)C. The first-order chi connectivity index (χ1) is 13.7. The van der Waals surface area contributed by atoms with Crippen molar-refractivity contribution in [3.8, 4) is 0 Å². The van der Waals surface area contributed by atoms with E-state index < -0.39 is 10.2 Å². The van der Waals surface area contributed by atoms with E-state index in [-0.39, 0.29) is 18.4 Å². The average molecular weight is 433 g/mol. The predicted octanol–water partition coefficient (Wildman–Crippen LogP) is 1.01. The van der Waals surface area contributed by atoms with E-state index in [1.165, 1.54) is 8.61 Å². The molecule has 0 aromatic rings. The van der Waals surface area contributed by atoms with E-state index >= 15 is 0 Å². The quantitative estimate of drug-likeness (QED) is 0.557. The smallest absolute Gasteiger partial charge is 0.282 e. The molecule has 2 rings (SSSR count). The van der Waals surface area contributed by atoms with Crippen LogP contribution in [0.15, 0.2) is 0 Å². The number of nitrogens with zero attached hydrogens (tertiary/aromatic N) is 3. The zero-order chi connectivity index (χ0) is 21.4. The first-order valence-corrected chi connectivity index (χ1v) is 12.4. The lowest BCUT2D eigenvalue weighted by Crippen LogP contribution is -2.53. The van der Waals surface area contributed by atoms with E-state index in [1.807, 2.05) is 0 Å². The lowest BCUT2D eigenvalue weighted by Gasteiger charge is -2.36. The average Bonchev–Trinajstić information content (AvgIpc) is 2.67. The topological polar surface area (TPSA) is 82.2 Å². The number of amides is 1. The zero-order valence-electron chi connectivity index (χ0n) is 18.6. The van der Waals surface area contributed by atoms with Crippen molar-refractivity contribution < 1.29 is 17.9 Å². The number of carbonyl (C=O) groups excluding carboxylic acids is 1. The molecule has 0 aliphatic carbocycles. The van der Waals surface area contributed by atoms with Crippen molar-refractivity contribution in [1.82, 2.24) is 18.8 Å². The summed E-state index contributed by atoms with van der Waals surface area (Å²) in [5, 5.41) is 3.05. The third-order valence-corrected chi connectivity index (χ3v) is 7.35. The van der Waals surface area contributed by atoms with Crippen molar-refractivity contribution in [2.45, 2.75) is 40.5 Å². The lowest BCUT2D eigenvalue weighted by atomic mass is 9.99. The molecular weight excluding hydrogens is 392 g/mol. The summed E-state index contributed by atoms with van der Waals surface area (Å²) in [7, 11) is -3.51. The number of piperidine rings is 1. The van der Waals surface area contributed by atoms with Gasteiger partial charge in [-0.25, -0.2) is 0 Å². The van der Waals surface area contributed by atoms with E-state index in [0.717, 1.165) is 26.1 Å². The van der Waals surface area contributed by atoms with Gasteiger partial charge in [0.2, 0.25) is 5.91 Å². The monoisotopic (exact) mass is 432 g/mol. The van der Waals surface area contributed by atoms with Crippen LogP contribution < -0.4 is 5.32 Å². The second-order valence-electron chi connectivity index (χ2n) is 9.05. The Morgan fingerprint density at radius 2 is 1.69 bits per heavy atom. The van der Waals surface area contributed by atoms with Crippen LogP contribution in [0.5, 0.6) is 0 Å². The molecule has 0 saturated carbocycles. The van der Waals surface area contributed by atoms with Crippen LogP contribution in [0, 0.1) is 17.8 Å². The summed E-state index contributed by atoms with van der Waals surface area (Å²) < 4.78 is 34.0. The van der Waals surface area contributed by atoms with Crippen LogP contribution in [0.25, 0.3) is 0 Å². The van der Waals surface area contributed by atoms with Crippen LogP contribution in [-0.2, 0) is 19.7 Å². The van der Waals surface area contributed by atoms with Crippen LogP contribution in [-0.4, -0.2) is 93.4 Å². The largest absolute Gasteiger partial charge is 0.379 e. The predicted molar refractivity (Wildman–Crippen MR) is 115 cm³/mol. The fraction of sp³-hybridized carbons (Fsp3) is 0.950. The molecule has 0 unspecified atom stereocenters. The minimum Gasteiger partial charge on any atom is -0.379 e. The van der Waals surface area contributed by atoms with Gasteiger partial charge < -0.3 is 15.0 Å². The number of nitrogens with one attached hydrogen (secondary N) is 1. The fourth-order valence-electron chi connectivity index (χ4n) is 4.08. The molecule has 9 heteroatoms. The summed E-state index contributed by atoms with van der Waals surface area (Å²) in [6.07, 6.45) is 1.46. The van der Waals surface area contributed by atoms with Gasteiger partial charge in [0.25, 0.3) is 10.2 Å². The van der Waals surface area contributed by atoms with Crippen molar-refractivity contribution in [3.05, 3.63) is 0 Å². The fourth-order valence-corrected chi connectivity index (χ4v) is 5.74. The molecule has 2 aliphatic heterocycles. The van der Waals surface area contributed by atoms with E-state index in [9.17, 15) is 13.2 Å². The summed E-state index contributed by atoms with van der Waals surface area (Å²) in [5.74, 6) is 0.868. The third-order valence-electron chi connectivity index (χ3n) is 5.35. The Bertz CT molecular complexity index is 596. The molecule has 8 nitrogen and oxygen atoms in total. The molecular formula is C20H40N4O4S. The number of ether oxygens (including phenoxy) is 1. The summed E-state index contributed by atoms with van der Waals surface area (Å²) in [5.41, 5.74) is 0. The second kappa shape index (κ2) is 11.6. The maximum atomic E-state index is 12.9. The lowest BCUT2D eigenvalue weighted by molar-refractivity contribution is -0.126. The van der Waals surface area contributed by atoms with Gasteiger partial charge in [-0.2, -0.15) is 17.0 Å². The molecule has 0 bridgehead atoms. The maximum Gasteiger partial charge on any atom is 0.282 e. The highest BCUT2D eigenvalue weighted by Gasteiger charge is 2.36. The van der Waals surface area contributed by atoms with Gasteiger partial charge in [-0.15, -0.1) is 0 Å². The molecule has 0 aromatic heterocycles. The maximum absolute atomic E-state index is 12.9. The van der Waals surface area contributed by atoms with Gasteiger partial charge in [-0.1, -0.05) is 27.7 Å². The van der Waals surface area contributed by atoms with E-state index in [4.69, 9.17) is 4.74 Å². The molecule has 29 heavy (non-hydrogen) atoms. The molecule has 1 atom stereocenters. The first-order valence-electron chi connectivity index (χ1n) is 11.0. The molecule has 2 fully saturated rings. The Morgan fingerprint density at radius 3 is 2.28 bits per heavy atom. The van der Waals surface area contributed by atoms with Crippen LogP contribution in [0.4, 0.5) is 0 Å². The van der Waals surface area contributed by atoms with Gasteiger partial charge in [0.05, 0.1) is 19.1 Å². The summed E-state index contributed by atoms with van der Waals surface area (Å²) in [4.78, 5) is 15.1. The Labute approximate surface area is 177 Å². The van der Waals surface area contributed by atoms with Crippen LogP contribution in [0.1, 0.15) is 40.5 Å². The minimum atomic E-state index is -3.51. The first kappa shape index (κ1) is 24.5. The minimum absolute atomic E-state index is 0.0269. The van der Waals surface area contributed by atoms with E-state index in [2.05, 4.69) is 37.9 Å². The van der Waals surface area contributed by atoms with E-state index in [0.29, 0.717) is 57.6 Å². The van der Waals surface area contributed by atoms with Gasteiger partial charge in [-0.3, -0.25) is 4.79 Å². The highest BCUT2D eigenvalue weighted by molar-refractivity contribution is 7.86. The molecule has 1 amide bonds. The Morgan fingerprint density at radius 1 is 1.07 bits per heavy atom. The van der Waals surface area contributed by atoms with Crippen molar-refractivity contribution in [1.29, 1.82) is 0 Å². The van der Waals surface area contributed by atoms with Crippen molar-refractivity contribution in [2.24, 2.45) is 17.8 Å². The standard InChI is InChI=1S/C20H40N4O4S/c1-17(2)14-22(15-18(3)4)9-7-21-20(25)19-6-5-8-24(16-19)29(26,27)23-10-12-28-13-11-23/h17-19H,5-16H2,1-4H3,(H,21,25)/t19-/m1/s1. The van der Waals surface area contributed by atoms with Crippen molar-refractivity contribution >= 4 is 16.1 Å². The Balaban J connectivity index is 1.84. The van der Waals surface area contributed by atoms with Crippen LogP contribution >= 0.6 is 0 Å². The molecule has 0 radical (unpaired) electrons. The molecule has 0 aromatic carbocycles. The molecule has 2 aliphatic rings. The highest BCUT2D eigenvalue weighted by Crippen LogP contribution is 2.22.